The van der Waals surface area contributed by atoms with Gasteiger partial charge in [-0.25, -0.2) is 4.98 Å². The molecular weight excluding hydrogens is 419 g/mol. The summed E-state index contributed by atoms with van der Waals surface area (Å²) in [6, 6.07) is 17.2. The minimum atomic E-state index is -0.118. The number of nitrogens with zero attached hydrogens (tertiary/aromatic N) is 3. The number of hydrogen-bond donors (Lipinski definition) is 1. The number of aryl methyl sites for hydroxylation is 1. The Hall–Kier alpha value is -2.89. The number of carbonyl (C=O) groups excluding carboxylic acids is 1. The normalized spacial score (nSPS) is 11.0. The molecule has 0 fully saturated rings. The molecule has 4 rings (SSSR count). The number of carbonyl (C=O) groups is 1. The van der Waals surface area contributed by atoms with Gasteiger partial charge in [0.05, 0.1) is 26.6 Å². The van der Waals surface area contributed by atoms with Gasteiger partial charge in [-0.05, 0) is 48.4 Å². The third-order valence-corrected chi connectivity index (χ3v) is 5.58. The number of aromatic nitrogens is 3. The quantitative estimate of drug-likeness (QED) is 0.405. The number of benzene rings is 2. The van der Waals surface area contributed by atoms with Gasteiger partial charge in [-0.15, -0.1) is 0 Å². The fraction of sp³-hybridized carbons (Fsp3) is 0.174. The van der Waals surface area contributed by atoms with Gasteiger partial charge in [0.1, 0.15) is 5.82 Å². The van der Waals surface area contributed by atoms with Gasteiger partial charge in [-0.1, -0.05) is 41.4 Å². The lowest BCUT2D eigenvalue weighted by molar-refractivity contribution is 0.0953. The predicted molar refractivity (Wildman–Crippen MR) is 120 cm³/mol. The number of rotatable bonds is 7. The molecule has 0 atom stereocenters. The minimum absolute atomic E-state index is 0.118. The van der Waals surface area contributed by atoms with Crippen LogP contribution < -0.4 is 5.32 Å². The minimum Gasteiger partial charge on any atom is -0.352 e. The molecule has 2 aromatic carbocycles. The predicted octanol–water partition coefficient (Wildman–Crippen LogP) is 5.15. The Kier molecular flexibility index (Phi) is 6.31. The second kappa shape index (κ2) is 9.28. The second-order valence-corrected chi connectivity index (χ2v) is 7.77. The maximum absolute atomic E-state index is 12.2. The molecule has 1 N–H and O–H groups in total. The van der Waals surface area contributed by atoms with Gasteiger partial charge >= 0.3 is 0 Å². The van der Waals surface area contributed by atoms with Crippen LogP contribution in [0.2, 0.25) is 10.0 Å². The van der Waals surface area contributed by atoms with Gasteiger partial charge < -0.3 is 9.88 Å². The van der Waals surface area contributed by atoms with Crippen LogP contribution in [0.1, 0.15) is 28.2 Å². The van der Waals surface area contributed by atoms with Crippen molar-refractivity contribution in [3.8, 4) is 0 Å². The second-order valence-electron chi connectivity index (χ2n) is 6.95. The number of pyridine rings is 1. The molecule has 2 aromatic heterocycles. The number of imidazole rings is 1. The molecular formula is C23H20Cl2N4O. The summed E-state index contributed by atoms with van der Waals surface area (Å²) in [6.07, 6.45) is 4.72. The monoisotopic (exact) mass is 438 g/mol. The van der Waals surface area contributed by atoms with Crippen molar-refractivity contribution in [3.05, 3.63) is 94.0 Å². The van der Waals surface area contributed by atoms with Crippen molar-refractivity contribution in [1.82, 2.24) is 19.9 Å². The first-order valence-corrected chi connectivity index (χ1v) is 10.4. The van der Waals surface area contributed by atoms with Crippen LogP contribution in [0.3, 0.4) is 0 Å². The van der Waals surface area contributed by atoms with Crippen LogP contribution >= 0.6 is 23.2 Å². The summed E-state index contributed by atoms with van der Waals surface area (Å²) in [4.78, 5) is 21.0. The van der Waals surface area contributed by atoms with Crippen molar-refractivity contribution in [3.63, 3.8) is 0 Å². The van der Waals surface area contributed by atoms with Crippen LogP contribution in [0.5, 0.6) is 0 Å². The summed E-state index contributed by atoms with van der Waals surface area (Å²) in [7, 11) is 0. The van der Waals surface area contributed by atoms with E-state index >= 15 is 0 Å². The Morgan fingerprint density at radius 3 is 2.70 bits per heavy atom. The van der Waals surface area contributed by atoms with E-state index in [1.807, 2.05) is 36.4 Å². The van der Waals surface area contributed by atoms with E-state index in [-0.39, 0.29) is 5.91 Å². The molecule has 152 valence electrons. The van der Waals surface area contributed by atoms with Gasteiger partial charge in [0.25, 0.3) is 5.91 Å². The molecule has 0 aliphatic heterocycles. The molecule has 30 heavy (non-hydrogen) atoms. The van der Waals surface area contributed by atoms with E-state index in [0.29, 0.717) is 28.7 Å². The zero-order valence-corrected chi connectivity index (χ0v) is 17.7. The lowest BCUT2D eigenvalue weighted by atomic mass is 10.2. The number of fused-ring (bicyclic) bond motifs is 1. The molecule has 0 saturated heterocycles. The van der Waals surface area contributed by atoms with E-state index in [4.69, 9.17) is 28.2 Å². The molecule has 4 aromatic rings. The highest BCUT2D eigenvalue weighted by Gasteiger charge is 2.12. The average Bonchev–Trinajstić information content (AvgIpc) is 3.11. The number of hydrogen-bond acceptors (Lipinski definition) is 3. The van der Waals surface area contributed by atoms with Gasteiger partial charge in [0.2, 0.25) is 0 Å². The zero-order chi connectivity index (χ0) is 20.9. The smallest absolute Gasteiger partial charge is 0.252 e. The van der Waals surface area contributed by atoms with E-state index in [1.165, 1.54) is 0 Å². The van der Waals surface area contributed by atoms with Crippen LogP contribution in [0.15, 0.2) is 67.0 Å². The SMILES string of the molecule is O=C(NCCCc1nc2ccccc2n1Cc1ccc(Cl)c(Cl)c1)c1cccnc1. The fourth-order valence-corrected chi connectivity index (χ4v) is 3.68. The third-order valence-electron chi connectivity index (χ3n) is 4.84. The first-order valence-electron chi connectivity index (χ1n) is 9.68. The van der Waals surface area contributed by atoms with Crippen LogP contribution in [0.4, 0.5) is 0 Å². The Morgan fingerprint density at radius 2 is 1.90 bits per heavy atom. The first-order chi connectivity index (χ1) is 14.6. The van der Waals surface area contributed by atoms with E-state index in [9.17, 15) is 4.79 Å². The lowest BCUT2D eigenvalue weighted by Crippen LogP contribution is -2.25. The van der Waals surface area contributed by atoms with Gasteiger partial charge in [0.15, 0.2) is 0 Å². The van der Waals surface area contributed by atoms with E-state index in [2.05, 4.69) is 20.9 Å². The first kappa shape index (κ1) is 20.4. The van der Waals surface area contributed by atoms with Crippen molar-refractivity contribution in [2.24, 2.45) is 0 Å². The summed E-state index contributed by atoms with van der Waals surface area (Å²) >= 11 is 12.2. The van der Waals surface area contributed by atoms with E-state index in [0.717, 1.165) is 35.3 Å². The lowest BCUT2D eigenvalue weighted by Gasteiger charge is -2.11. The average molecular weight is 439 g/mol. The van der Waals surface area contributed by atoms with Crippen LogP contribution in [0, 0.1) is 0 Å². The largest absolute Gasteiger partial charge is 0.352 e. The Labute approximate surface area is 184 Å². The summed E-state index contributed by atoms with van der Waals surface area (Å²) in [5.41, 5.74) is 3.63. The summed E-state index contributed by atoms with van der Waals surface area (Å²) in [5.74, 6) is 0.852. The number of para-hydroxylation sites is 2. The Bertz CT molecular complexity index is 1170. The summed E-state index contributed by atoms with van der Waals surface area (Å²) in [6.45, 7) is 1.21. The molecule has 0 saturated carbocycles. The highest BCUT2D eigenvalue weighted by molar-refractivity contribution is 6.42. The van der Waals surface area contributed by atoms with Gasteiger partial charge in [-0.2, -0.15) is 0 Å². The molecule has 0 radical (unpaired) electrons. The summed E-state index contributed by atoms with van der Waals surface area (Å²) in [5, 5.41) is 4.02. The maximum Gasteiger partial charge on any atom is 0.252 e. The molecule has 0 aliphatic rings. The van der Waals surface area contributed by atoms with Crippen LogP contribution in [-0.2, 0) is 13.0 Å². The van der Waals surface area contributed by atoms with Gasteiger partial charge in [0, 0.05) is 31.9 Å². The molecule has 0 bridgehead atoms. The highest BCUT2D eigenvalue weighted by Crippen LogP contribution is 2.25. The number of amides is 1. The van der Waals surface area contributed by atoms with Gasteiger partial charge in [-0.3, -0.25) is 9.78 Å². The van der Waals surface area contributed by atoms with E-state index in [1.54, 1.807) is 24.5 Å². The number of halogens is 2. The Morgan fingerprint density at radius 1 is 1.03 bits per heavy atom. The molecule has 0 spiro atoms. The topological polar surface area (TPSA) is 59.8 Å². The van der Waals surface area contributed by atoms with Crippen LogP contribution in [0.25, 0.3) is 11.0 Å². The van der Waals surface area contributed by atoms with E-state index < -0.39 is 0 Å². The third kappa shape index (κ3) is 4.64. The maximum atomic E-state index is 12.2. The zero-order valence-electron chi connectivity index (χ0n) is 16.2. The summed E-state index contributed by atoms with van der Waals surface area (Å²) < 4.78 is 2.19. The molecule has 7 heteroatoms. The standard InChI is InChI=1S/C23H20Cl2N4O/c24-18-10-9-16(13-19(18)25)15-29-21-7-2-1-6-20(21)28-22(29)8-4-12-27-23(30)17-5-3-11-26-14-17/h1-3,5-7,9-11,13-14H,4,8,12,15H2,(H,27,30). The molecule has 5 nitrogen and oxygen atoms in total. The molecule has 2 heterocycles. The van der Waals surface area contributed by atoms with Crippen molar-refractivity contribution in [1.29, 1.82) is 0 Å². The molecule has 0 aliphatic carbocycles. The number of nitrogens with one attached hydrogen (secondary N) is 1. The molecule has 1 amide bonds. The molecule has 0 unspecified atom stereocenters. The van der Waals surface area contributed by atoms with Crippen molar-refractivity contribution >= 4 is 40.1 Å². The van der Waals surface area contributed by atoms with Crippen molar-refractivity contribution in [2.75, 3.05) is 6.54 Å². The fourth-order valence-electron chi connectivity index (χ4n) is 3.36. The van der Waals surface area contributed by atoms with Crippen LogP contribution in [-0.4, -0.2) is 27.0 Å². The van der Waals surface area contributed by atoms with Crippen molar-refractivity contribution < 1.29 is 4.79 Å². The van der Waals surface area contributed by atoms with Crippen molar-refractivity contribution in [2.45, 2.75) is 19.4 Å². The Balaban J connectivity index is 1.47. The highest BCUT2D eigenvalue weighted by atomic mass is 35.5.